The van der Waals surface area contributed by atoms with Crippen LogP contribution in [0.4, 0.5) is 10.1 Å². The molecule has 2 N–H and O–H groups in total. The van der Waals surface area contributed by atoms with Crippen molar-refractivity contribution in [1.82, 2.24) is 5.32 Å². The summed E-state index contributed by atoms with van der Waals surface area (Å²) in [4.78, 5) is 23.4. The number of carbonyl (C=O) groups is 2. The van der Waals surface area contributed by atoms with E-state index in [1.54, 1.807) is 30.3 Å². The van der Waals surface area contributed by atoms with Crippen molar-refractivity contribution in [2.24, 2.45) is 5.92 Å². The number of para-hydroxylation sites is 2. The van der Waals surface area contributed by atoms with Crippen LogP contribution in [0.15, 0.2) is 42.5 Å². The molecule has 3 rings (SSSR count). The number of hydrogen-bond donors (Lipinski definition) is 2. The van der Waals surface area contributed by atoms with Crippen LogP contribution in [0.1, 0.15) is 12.8 Å². The minimum atomic E-state index is -0.606. The molecule has 0 radical (unpaired) electrons. The second-order valence-electron chi connectivity index (χ2n) is 5.93. The smallest absolute Gasteiger partial charge is 0.229 e. The van der Waals surface area contributed by atoms with Crippen LogP contribution in [0.5, 0.6) is 17.2 Å². The lowest BCUT2D eigenvalue weighted by Gasteiger charge is -2.21. The van der Waals surface area contributed by atoms with Crippen LogP contribution >= 0.6 is 0 Å². The summed E-state index contributed by atoms with van der Waals surface area (Å²) in [5, 5.41) is 5.32. The Labute approximate surface area is 150 Å². The van der Waals surface area contributed by atoms with Crippen molar-refractivity contribution >= 4 is 17.5 Å². The van der Waals surface area contributed by atoms with Crippen LogP contribution < -0.4 is 20.1 Å². The lowest BCUT2D eigenvalue weighted by atomic mass is 9.98. The predicted octanol–water partition coefficient (Wildman–Crippen LogP) is 3.09. The second-order valence-corrected chi connectivity index (χ2v) is 5.93. The van der Waals surface area contributed by atoms with Crippen molar-refractivity contribution in [2.75, 3.05) is 19.0 Å². The van der Waals surface area contributed by atoms with Crippen molar-refractivity contribution in [3.8, 4) is 17.2 Å². The van der Waals surface area contributed by atoms with E-state index >= 15 is 0 Å². The van der Waals surface area contributed by atoms with Crippen LogP contribution in [0.2, 0.25) is 0 Å². The summed E-state index contributed by atoms with van der Waals surface area (Å²) in [6.07, 6.45) is 0.799. The van der Waals surface area contributed by atoms with Gasteiger partial charge in [0.1, 0.15) is 0 Å². The van der Waals surface area contributed by atoms with E-state index < -0.39 is 5.82 Å². The number of ether oxygens (including phenoxy) is 2. The van der Waals surface area contributed by atoms with Gasteiger partial charge >= 0.3 is 0 Å². The van der Waals surface area contributed by atoms with Gasteiger partial charge in [0.25, 0.3) is 0 Å². The molecule has 0 aliphatic carbocycles. The van der Waals surface area contributed by atoms with Gasteiger partial charge in [-0.05, 0) is 30.7 Å². The monoisotopic (exact) mass is 358 g/mol. The number of rotatable bonds is 5. The maximum Gasteiger partial charge on any atom is 0.229 e. The normalized spacial score (nSPS) is 16.5. The molecule has 0 saturated carbocycles. The Morgan fingerprint density at radius 1 is 1.19 bits per heavy atom. The van der Waals surface area contributed by atoms with Gasteiger partial charge in [0.15, 0.2) is 23.1 Å². The van der Waals surface area contributed by atoms with Gasteiger partial charge in [-0.2, -0.15) is 0 Å². The first-order valence-electron chi connectivity index (χ1n) is 8.25. The molecular formula is C19H19FN2O4. The molecule has 1 aliphatic heterocycles. The maximum atomic E-state index is 14.3. The van der Waals surface area contributed by atoms with Gasteiger partial charge in [-0.25, -0.2) is 4.39 Å². The fraction of sp³-hybridized carbons (Fsp3) is 0.263. The Hall–Kier alpha value is -3.09. The maximum absolute atomic E-state index is 14.3. The molecule has 26 heavy (non-hydrogen) atoms. The highest BCUT2D eigenvalue weighted by molar-refractivity contribution is 5.94. The van der Waals surface area contributed by atoms with Crippen molar-refractivity contribution in [1.29, 1.82) is 0 Å². The molecule has 0 bridgehead atoms. The highest BCUT2D eigenvalue weighted by atomic mass is 19.1. The fourth-order valence-corrected chi connectivity index (χ4v) is 2.68. The zero-order valence-electron chi connectivity index (χ0n) is 14.3. The molecule has 1 heterocycles. The number of nitrogens with one attached hydrogen (secondary N) is 2. The molecule has 136 valence electrons. The van der Waals surface area contributed by atoms with E-state index in [9.17, 15) is 14.0 Å². The molecule has 1 fully saturated rings. The molecular weight excluding hydrogens is 339 g/mol. The number of methoxy groups -OCH3 is 1. The summed E-state index contributed by atoms with van der Waals surface area (Å²) < 4.78 is 25.1. The number of hydrogen-bond acceptors (Lipinski definition) is 4. The third-order valence-corrected chi connectivity index (χ3v) is 4.12. The van der Waals surface area contributed by atoms with Gasteiger partial charge < -0.3 is 20.1 Å². The second kappa shape index (κ2) is 7.86. The summed E-state index contributed by atoms with van der Waals surface area (Å²) in [6.45, 7) is 0.294. The zero-order valence-corrected chi connectivity index (χ0v) is 14.3. The summed E-state index contributed by atoms with van der Waals surface area (Å²) in [5.41, 5.74) is 0.330. The highest BCUT2D eigenvalue weighted by Crippen LogP contribution is 2.33. The van der Waals surface area contributed by atoms with E-state index in [0.717, 1.165) is 0 Å². The summed E-state index contributed by atoms with van der Waals surface area (Å²) in [7, 11) is 1.50. The SMILES string of the molecule is COc1ccccc1Oc1ccc(NC(=O)[C@@H]2CCC(=O)NC2)cc1F. The number of benzene rings is 2. The minimum absolute atomic E-state index is 0.0254. The van der Waals surface area contributed by atoms with E-state index in [2.05, 4.69) is 10.6 Å². The minimum Gasteiger partial charge on any atom is -0.493 e. The van der Waals surface area contributed by atoms with Crippen molar-refractivity contribution in [3.63, 3.8) is 0 Å². The standard InChI is InChI=1S/C19H19FN2O4/c1-25-16-4-2-3-5-17(16)26-15-8-7-13(10-14(15)20)22-19(24)12-6-9-18(23)21-11-12/h2-5,7-8,10,12H,6,9,11H2,1H3,(H,21,23)(H,22,24)/t12-/m1/s1. The van der Waals surface area contributed by atoms with Crippen LogP contribution in [0.3, 0.4) is 0 Å². The van der Waals surface area contributed by atoms with Crippen LogP contribution in [0.25, 0.3) is 0 Å². The van der Waals surface area contributed by atoms with Crippen molar-refractivity contribution < 1.29 is 23.5 Å². The Balaban J connectivity index is 1.67. The summed E-state index contributed by atoms with van der Waals surface area (Å²) in [6, 6.07) is 11.1. The number of halogens is 1. The van der Waals surface area contributed by atoms with Crippen LogP contribution in [-0.4, -0.2) is 25.5 Å². The lowest BCUT2D eigenvalue weighted by molar-refractivity contribution is -0.126. The van der Waals surface area contributed by atoms with Gasteiger partial charge in [0, 0.05) is 24.7 Å². The van der Waals surface area contributed by atoms with Gasteiger partial charge in [-0.1, -0.05) is 12.1 Å². The van der Waals surface area contributed by atoms with E-state index in [1.807, 2.05) is 0 Å². The Morgan fingerprint density at radius 3 is 2.62 bits per heavy atom. The molecule has 1 saturated heterocycles. The molecule has 2 aromatic rings. The third kappa shape index (κ3) is 4.11. The first kappa shape index (κ1) is 17.7. The zero-order chi connectivity index (χ0) is 18.5. The van der Waals surface area contributed by atoms with Crippen LogP contribution in [-0.2, 0) is 9.59 Å². The number of amides is 2. The Kier molecular flexibility index (Phi) is 5.36. The number of piperidine rings is 1. The molecule has 0 aromatic heterocycles. The van der Waals surface area contributed by atoms with Crippen LogP contribution in [0, 0.1) is 11.7 Å². The molecule has 0 spiro atoms. The molecule has 6 nitrogen and oxygen atoms in total. The summed E-state index contributed by atoms with van der Waals surface area (Å²) in [5.74, 6) is -0.323. The first-order chi connectivity index (χ1) is 12.6. The third-order valence-electron chi connectivity index (χ3n) is 4.12. The van der Waals surface area contributed by atoms with Gasteiger partial charge in [0.05, 0.1) is 13.0 Å². The topological polar surface area (TPSA) is 76.7 Å². The van der Waals surface area contributed by atoms with Gasteiger partial charge in [-0.3, -0.25) is 9.59 Å². The average molecular weight is 358 g/mol. The van der Waals surface area contributed by atoms with E-state index in [-0.39, 0.29) is 23.5 Å². The van der Waals surface area contributed by atoms with Crippen molar-refractivity contribution in [2.45, 2.75) is 12.8 Å². The number of anilines is 1. The first-order valence-corrected chi connectivity index (χ1v) is 8.25. The molecule has 2 aromatic carbocycles. The van der Waals surface area contributed by atoms with Gasteiger partial charge in [0.2, 0.25) is 11.8 Å². The quantitative estimate of drug-likeness (QED) is 0.861. The largest absolute Gasteiger partial charge is 0.493 e. The van der Waals surface area contributed by atoms with E-state index in [1.165, 1.54) is 19.2 Å². The van der Waals surface area contributed by atoms with Crippen molar-refractivity contribution in [3.05, 3.63) is 48.3 Å². The molecule has 1 atom stereocenters. The van der Waals surface area contributed by atoms with E-state index in [4.69, 9.17) is 9.47 Å². The highest BCUT2D eigenvalue weighted by Gasteiger charge is 2.24. The fourth-order valence-electron chi connectivity index (χ4n) is 2.68. The molecule has 2 amide bonds. The Morgan fingerprint density at radius 2 is 1.96 bits per heavy atom. The molecule has 7 heteroatoms. The molecule has 0 unspecified atom stereocenters. The Bertz CT molecular complexity index is 815. The number of carbonyl (C=O) groups excluding carboxylic acids is 2. The predicted molar refractivity (Wildman–Crippen MR) is 93.8 cm³/mol. The van der Waals surface area contributed by atoms with E-state index in [0.29, 0.717) is 36.6 Å². The molecule has 1 aliphatic rings. The lowest BCUT2D eigenvalue weighted by Crippen LogP contribution is -2.40. The summed E-state index contributed by atoms with van der Waals surface area (Å²) >= 11 is 0. The van der Waals surface area contributed by atoms with Gasteiger partial charge in [-0.15, -0.1) is 0 Å². The average Bonchev–Trinajstić information content (AvgIpc) is 2.65.